The predicted octanol–water partition coefficient (Wildman–Crippen LogP) is 2.41. The Morgan fingerprint density at radius 3 is 2.67 bits per heavy atom. The van der Waals surface area contributed by atoms with Gasteiger partial charge in [-0.3, -0.25) is 4.79 Å². The summed E-state index contributed by atoms with van der Waals surface area (Å²) in [4.78, 5) is 11.7. The number of amides is 1. The van der Waals surface area contributed by atoms with Gasteiger partial charge in [-0.1, -0.05) is 24.3 Å². The fourth-order valence-electron chi connectivity index (χ4n) is 1.68. The van der Waals surface area contributed by atoms with Crippen molar-refractivity contribution in [2.45, 2.75) is 33.7 Å². The Balaban J connectivity index is 1.77. The maximum Gasteiger partial charge on any atom is 0.258 e. The van der Waals surface area contributed by atoms with Crippen LogP contribution in [0, 0.1) is 13.8 Å². The van der Waals surface area contributed by atoms with Crippen LogP contribution in [0.15, 0.2) is 18.2 Å². The summed E-state index contributed by atoms with van der Waals surface area (Å²) < 4.78 is 5.47. The van der Waals surface area contributed by atoms with E-state index in [1.807, 2.05) is 39.0 Å². The average molecular weight is 305 g/mol. The molecule has 0 aliphatic carbocycles. The summed E-state index contributed by atoms with van der Waals surface area (Å²) in [5, 5.41) is 12.6. The highest BCUT2D eigenvalue weighted by Gasteiger charge is 2.06. The Morgan fingerprint density at radius 2 is 2.00 bits per heavy atom. The number of nitrogens with zero attached hydrogens (tertiary/aromatic N) is 2. The summed E-state index contributed by atoms with van der Waals surface area (Å²) in [5.41, 5.74) is 2.35. The van der Waals surface area contributed by atoms with Crippen LogP contribution in [-0.2, 0) is 17.8 Å². The molecule has 1 aromatic carbocycles. The molecule has 0 aliphatic heterocycles. The lowest BCUT2D eigenvalue weighted by Crippen LogP contribution is -2.28. The number of aromatic nitrogens is 2. The molecule has 1 amide bonds. The highest BCUT2D eigenvalue weighted by Crippen LogP contribution is 2.16. The van der Waals surface area contributed by atoms with Crippen molar-refractivity contribution in [3.8, 4) is 5.75 Å². The summed E-state index contributed by atoms with van der Waals surface area (Å²) in [6, 6.07) is 5.78. The van der Waals surface area contributed by atoms with Crippen LogP contribution in [0.25, 0.3) is 0 Å². The molecule has 2 aromatic rings. The quantitative estimate of drug-likeness (QED) is 0.890. The molecule has 0 spiro atoms. The molecule has 2 rings (SSSR count). The topological polar surface area (TPSA) is 64.1 Å². The van der Waals surface area contributed by atoms with Crippen molar-refractivity contribution in [3.05, 3.63) is 39.3 Å². The smallest absolute Gasteiger partial charge is 0.258 e. The van der Waals surface area contributed by atoms with Crippen molar-refractivity contribution in [1.29, 1.82) is 0 Å². The zero-order valence-corrected chi connectivity index (χ0v) is 13.3. The van der Waals surface area contributed by atoms with Gasteiger partial charge in [-0.2, -0.15) is 0 Å². The molecular formula is C15H19N3O2S. The van der Waals surface area contributed by atoms with Gasteiger partial charge in [0, 0.05) is 0 Å². The molecule has 1 N–H and O–H groups in total. The molecule has 0 saturated carbocycles. The minimum atomic E-state index is -0.165. The van der Waals surface area contributed by atoms with Gasteiger partial charge in [0.1, 0.15) is 15.8 Å². The highest BCUT2D eigenvalue weighted by molar-refractivity contribution is 7.11. The van der Waals surface area contributed by atoms with Crippen molar-refractivity contribution in [2.24, 2.45) is 0 Å². The zero-order valence-electron chi connectivity index (χ0n) is 12.5. The third kappa shape index (κ3) is 4.53. The third-order valence-electron chi connectivity index (χ3n) is 3.10. The first-order chi connectivity index (χ1) is 10.1. The van der Waals surface area contributed by atoms with E-state index >= 15 is 0 Å². The van der Waals surface area contributed by atoms with E-state index < -0.39 is 0 Å². The normalized spacial score (nSPS) is 10.4. The average Bonchev–Trinajstić information content (AvgIpc) is 2.94. The number of benzene rings is 1. The van der Waals surface area contributed by atoms with E-state index in [0.29, 0.717) is 12.3 Å². The van der Waals surface area contributed by atoms with Gasteiger partial charge < -0.3 is 10.1 Å². The van der Waals surface area contributed by atoms with Crippen molar-refractivity contribution in [1.82, 2.24) is 15.5 Å². The van der Waals surface area contributed by atoms with Crippen molar-refractivity contribution >= 4 is 17.2 Å². The molecule has 0 atom stereocenters. The number of nitrogens with one attached hydrogen (secondary N) is 1. The van der Waals surface area contributed by atoms with Crippen LogP contribution in [0.3, 0.4) is 0 Å². The van der Waals surface area contributed by atoms with Crippen molar-refractivity contribution in [3.63, 3.8) is 0 Å². The Labute approximate surface area is 128 Å². The molecule has 6 heteroatoms. The molecule has 0 saturated heterocycles. The third-order valence-corrected chi connectivity index (χ3v) is 4.16. The Bertz CT molecular complexity index is 625. The minimum absolute atomic E-state index is 0.00192. The maximum atomic E-state index is 11.7. The van der Waals surface area contributed by atoms with Gasteiger partial charge in [-0.15, -0.1) is 10.2 Å². The molecular weight excluding hydrogens is 286 g/mol. The lowest BCUT2D eigenvalue weighted by atomic mass is 10.1. The molecule has 0 aliphatic rings. The first-order valence-corrected chi connectivity index (χ1v) is 7.68. The minimum Gasteiger partial charge on any atom is -0.484 e. The Morgan fingerprint density at radius 1 is 1.24 bits per heavy atom. The molecule has 5 nitrogen and oxygen atoms in total. The lowest BCUT2D eigenvalue weighted by Gasteiger charge is -2.08. The number of carbonyl (C=O) groups is 1. The van der Waals surface area contributed by atoms with Gasteiger partial charge in [0.25, 0.3) is 5.91 Å². The van der Waals surface area contributed by atoms with Crippen LogP contribution in [0.4, 0.5) is 0 Å². The van der Waals surface area contributed by atoms with E-state index in [9.17, 15) is 4.79 Å². The number of aryl methyl sites for hydroxylation is 3. The summed E-state index contributed by atoms with van der Waals surface area (Å²) in [6.07, 6.45) is 0.863. The monoisotopic (exact) mass is 305 g/mol. The van der Waals surface area contributed by atoms with Gasteiger partial charge in [0.2, 0.25) is 0 Å². The number of carbonyl (C=O) groups excluding carboxylic acids is 1. The van der Waals surface area contributed by atoms with E-state index in [-0.39, 0.29) is 12.5 Å². The van der Waals surface area contributed by atoms with Gasteiger partial charge in [-0.05, 0) is 43.5 Å². The van der Waals surface area contributed by atoms with Crippen LogP contribution in [0.5, 0.6) is 5.75 Å². The molecule has 0 unspecified atom stereocenters. The molecule has 0 radical (unpaired) electrons. The van der Waals surface area contributed by atoms with Gasteiger partial charge >= 0.3 is 0 Å². The highest BCUT2D eigenvalue weighted by atomic mass is 32.1. The van der Waals surface area contributed by atoms with E-state index in [1.165, 1.54) is 16.9 Å². The fraction of sp³-hybridized carbons (Fsp3) is 0.400. The second kappa shape index (κ2) is 7.17. The summed E-state index contributed by atoms with van der Waals surface area (Å²) in [5.74, 6) is 0.541. The van der Waals surface area contributed by atoms with Gasteiger partial charge in [-0.25, -0.2) is 0 Å². The zero-order chi connectivity index (χ0) is 15.2. The van der Waals surface area contributed by atoms with Crippen molar-refractivity contribution < 1.29 is 9.53 Å². The lowest BCUT2D eigenvalue weighted by molar-refractivity contribution is -0.123. The van der Waals surface area contributed by atoms with Crippen LogP contribution in [0.2, 0.25) is 0 Å². The van der Waals surface area contributed by atoms with Gasteiger partial charge in [0.15, 0.2) is 6.61 Å². The number of ether oxygens (including phenoxy) is 1. The molecule has 0 fully saturated rings. The molecule has 0 bridgehead atoms. The predicted molar refractivity (Wildman–Crippen MR) is 82.5 cm³/mol. The molecule has 1 aromatic heterocycles. The molecule has 21 heavy (non-hydrogen) atoms. The maximum absolute atomic E-state index is 11.7. The van der Waals surface area contributed by atoms with Crippen LogP contribution >= 0.6 is 11.3 Å². The fourth-order valence-corrected chi connectivity index (χ4v) is 2.40. The Hall–Kier alpha value is -1.95. The van der Waals surface area contributed by atoms with E-state index in [1.54, 1.807) is 0 Å². The number of hydrogen-bond acceptors (Lipinski definition) is 5. The van der Waals surface area contributed by atoms with E-state index in [2.05, 4.69) is 15.5 Å². The second-order valence-electron chi connectivity index (χ2n) is 4.75. The van der Waals surface area contributed by atoms with E-state index in [0.717, 1.165) is 22.0 Å². The van der Waals surface area contributed by atoms with Crippen LogP contribution in [-0.4, -0.2) is 22.7 Å². The second-order valence-corrected chi connectivity index (χ2v) is 5.90. The van der Waals surface area contributed by atoms with Crippen LogP contribution < -0.4 is 10.1 Å². The summed E-state index contributed by atoms with van der Waals surface area (Å²) >= 11 is 1.52. The number of rotatable bonds is 6. The van der Waals surface area contributed by atoms with Crippen LogP contribution in [0.1, 0.15) is 28.1 Å². The summed E-state index contributed by atoms with van der Waals surface area (Å²) in [6.45, 7) is 6.48. The molecule has 1 heterocycles. The standard InChI is InChI=1S/C15H19N3O2S/c1-4-14-17-18-15(21-14)8-16-13(19)9-20-12-6-5-10(2)11(3)7-12/h5-7H,4,8-9H2,1-3H3,(H,16,19). The van der Waals surface area contributed by atoms with Crippen molar-refractivity contribution in [2.75, 3.05) is 6.61 Å². The SMILES string of the molecule is CCc1nnc(CNC(=O)COc2ccc(C)c(C)c2)s1. The molecule has 112 valence electrons. The number of hydrogen-bond donors (Lipinski definition) is 1. The van der Waals surface area contributed by atoms with E-state index in [4.69, 9.17) is 4.74 Å². The Kier molecular flexibility index (Phi) is 5.27. The first kappa shape index (κ1) is 15.4. The summed E-state index contributed by atoms with van der Waals surface area (Å²) in [7, 11) is 0. The van der Waals surface area contributed by atoms with Gasteiger partial charge in [0.05, 0.1) is 6.54 Å². The first-order valence-electron chi connectivity index (χ1n) is 6.86. The largest absolute Gasteiger partial charge is 0.484 e.